The molecule has 2 aliphatic rings. The number of rotatable bonds is 6. The lowest BCUT2D eigenvalue weighted by molar-refractivity contribution is -0.121. The minimum absolute atomic E-state index is 0.0398. The van der Waals surface area contributed by atoms with Crippen LogP contribution in [-0.4, -0.2) is 82.3 Å². The molecule has 3 amide bonds. The molecule has 32 heavy (non-hydrogen) atoms. The van der Waals surface area contributed by atoms with E-state index in [0.29, 0.717) is 69.0 Å². The maximum absolute atomic E-state index is 12.8. The number of nitrogens with one attached hydrogen (secondary N) is 2. The van der Waals surface area contributed by atoms with Crippen LogP contribution in [0.2, 0.25) is 0 Å². The molecule has 0 atom stereocenters. The zero-order valence-corrected chi connectivity index (χ0v) is 19.6. The van der Waals surface area contributed by atoms with Gasteiger partial charge in [0.1, 0.15) is 11.5 Å². The molecule has 0 spiro atoms. The highest BCUT2D eigenvalue weighted by Crippen LogP contribution is 2.30. The average Bonchev–Trinajstić information content (AvgIpc) is 2.78. The van der Waals surface area contributed by atoms with Crippen LogP contribution >= 0.6 is 0 Å². The van der Waals surface area contributed by atoms with Gasteiger partial charge in [-0.05, 0) is 37.8 Å². The highest BCUT2D eigenvalue weighted by Gasteiger charge is 2.30. The monoisotopic (exact) mass is 468 g/mol. The largest absolute Gasteiger partial charge is 0.497 e. The molecule has 0 saturated carbocycles. The molecule has 1 aromatic rings. The van der Waals surface area contributed by atoms with Crippen LogP contribution in [0.1, 0.15) is 25.7 Å². The molecule has 2 fully saturated rings. The SMILES string of the molecule is COc1ccc(OC)c(NC(=O)C2CCN(C(=O)NC3CCN(S(C)(=O)=O)CC3)CC2)c1. The van der Waals surface area contributed by atoms with Gasteiger partial charge in [-0.15, -0.1) is 0 Å². The van der Waals surface area contributed by atoms with Gasteiger partial charge < -0.3 is 25.0 Å². The van der Waals surface area contributed by atoms with Gasteiger partial charge in [-0.1, -0.05) is 0 Å². The lowest BCUT2D eigenvalue weighted by Crippen LogP contribution is -2.52. The topological polar surface area (TPSA) is 117 Å². The van der Waals surface area contributed by atoms with Gasteiger partial charge in [0.15, 0.2) is 0 Å². The molecule has 2 saturated heterocycles. The van der Waals surface area contributed by atoms with Crippen LogP contribution in [0.15, 0.2) is 18.2 Å². The molecule has 0 aromatic heterocycles. The standard InChI is InChI=1S/C21H32N4O6S/c1-30-17-4-5-19(31-2)18(14-17)23-20(26)15-6-10-24(11-7-15)21(27)22-16-8-12-25(13-9-16)32(3,28)29/h4-5,14-16H,6-13H2,1-3H3,(H,22,27)(H,23,26). The van der Waals surface area contributed by atoms with Crippen molar-refractivity contribution in [2.45, 2.75) is 31.7 Å². The van der Waals surface area contributed by atoms with E-state index in [1.54, 1.807) is 37.3 Å². The second kappa shape index (κ2) is 10.4. The van der Waals surface area contributed by atoms with Gasteiger partial charge in [0.2, 0.25) is 15.9 Å². The third kappa shape index (κ3) is 6.04. The van der Waals surface area contributed by atoms with Gasteiger partial charge in [-0.25, -0.2) is 17.5 Å². The number of ether oxygens (including phenoxy) is 2. The third-order valence-electron chi connectivity index (χ3n) is 6.07. The first kappa shape index (κ1) is 24.1. The molecule has 0 unspecified atom stereocenters. The summed E-state index contributed by atoms with van der Waals surface area (Å²) in [5, 5.41) is 5.92. The zero-order chi connectivity index (χ0) is 23.3. The number of amides is 3. The summed E-state index contributed by atoms with van der Waals surface area (Å²) in [5.41, 5.74) is 0.553. The molecule has 3 rings (SSSR count). The van der Waals surface area contributed by atoms with Gasteiger partial charge >= 0.3 is 6.03 Å². The minimum atomic E-state index is -3.19. The van der Waals surface area contributed by atoms with E-state index in [-0.39, 0.29) is 23.9 Å². The number of anilines is 1. The molecule has 2 aliphatic heterocycles. The van der Waals surface area contributed by atoms with Crippen molar-refractivity contribution >= 4 is 27.6 Å². The highest BCUT2D eigenvalue weighted by molar-refractivity contribution is 7.88. The fourth-order valence-corrected chi connectivity index (χ4v) is 4.96. The van der Waals surface area contributed by atoms with E-state index < -0.39 is 10.0 Å². The van der Waals surface area contributed by atoms with E-state index in [1.165, 1.54) is 10.6 Å². The molecule has 0 radical (unpaired) electrons. The number of likely N-dealkylation sites (tertiary alicyclic amines) is 1. The maximum Gasteiger partial charge on any atom is 0.317 e. The Balaban J connectivity index is 1.47. The van der Waals surface area contributed by atoms with E-state index in [0.717, 1.165) is 0 Å². The van der Waals surface area contributed by atoms with Crippen LogP contribution < -0.4 is 20.1 Å². The molecule has 10 nitrogen and oxygen atoms in total. The Morgan fingerprint density at radius 1 is 1.00 bits per heavy atom. The molecular formula is C21H32N4O6S. The van der Waals surface area contributed by atoms with E-state index in [9.17, 15) is 18.0 Å². The van der Waals surface area contributed by atoms with E-state index >= 15 is 0 Å². The molecule has 2 N–H and O–H groups in total. The van der Waals surface area contributed by atoms with Crippen molar-refractivity contribution in [1.82, 2.24) is 14.5 Å². The predicted octanol–water partition coefficient (Wildman–Crippen LogP) is 1.49. The smallest absolute Gasteiger partial charge is 0.317 e. The normalized spacial score (nSPS) is 18.8. The Morgan fingerprint density at radius 3 is 2.22 bits per heavy atom. The summed E-state index contributed by atoms with van der Waals surface area (Å²) >= 11 is 0. The van der Waals surface area contributed by atoms with Crippen LogP contribution in [0.4, 0.5) is 10.5 Å². The number of methoxy groups -OCH3 is 2. The number of nitrogens with zero attached hydrogens (tertiary/aromatic N) is 2. The van der Waals surface area contributed by atoms with Crippen LogP contribution in [-0.2, 0) is 14.8 Å². The van der Waals surface area contributed by atoms with E-state index in [1.807, 2.05) is 0 Å². The number of hydrogen-bond donors (Lipinski definition) is 2. The molecule has 2 heterocycles. The van der Waals surface area contributed by atoms with Crippen LogP contribution in [0, 0.1) is 5.92 Å². The number of hydrogen-bond acceptors (Lipinski definition) is 6. The molecule has 11 heteroatoms. The number of piperidine rings is 2. The summed E-state index contributed by atoms with van der Waals surface area (Å²) in [6.07, 6.45) is 3.53. The molecule has 0 aliphatic carbocycles. The van der Waals surface area contributed by atoms with Crippen molar-refractivity contribution in [3.05, 3.63) is 18.2 Å². The number of carbonyl (C=O) groups is 2. The van der Waals surface area contributed by atoms with Crippen molar-refractivity contribution in [2.24, 2.45) is 5.92 Å². The zero-order valence-electron chi connectivity index (χ0n) is 18.8. The van der Waals surface area contributed by atoms with Gasteiger partial charge in [0, 0.05) is 44.2 Å². The molecule has 178 valence electrons. The molecule has 0 bridgehead atoms. The summed E-state index contributed by atoms with van der Waals surface area (Å²) in [5.74, 6) is 0.866. The number of carbonyl (C=O) groups excluding carboxylic acids is 2. The second-order valence-corrected chi connectivity index (χ2v) is 10.2. The quantitative estimate of drug-likeness (QED) is 0.653. The number of sulfonamides is 1. The van der Waals surface area contributed by atoms with Gasteiger partial charge in [-0.3, -0.25) is 4.79 Å². The Hall–Kier alpha value is -2.53. The summed E-state index contributed by atoms with van der Waals surface area (Å²) in [7, 11) is -0.0863. The van der Waals surface area contributed by atoms with E-state index in [2.05, 4.69) is 10.6 Å². The molecular weight excluding hydrogens is 436 g/mol. The third-order valence-corrected chi connectivity index (χ3v) is 7.37. The van der Waals surface area contributed by atoms with Crippen LogP contribution in [0.5, 0.6) is 11.5 Å². The van der Waals surface area contributed by atoms with Crippen molar-refractivity contribution < 1.29 is 27.5 Å². The first-order valence-corrected chi connectivity index (χ1v) is 12.6. The Kier molecular flexibility index (Phi) is 7.83. The van der Waals surface area contributed by atoms with Crippen molar-refractivity contribution in [1.29, 1.82) is 0 Å². The Bertz CT molecular complexity index is 922. The summed E-state index contributed by atoms with van der Waals surface area (Å²) in [6.45, 7) is 1.81. The number of urea groups is 1. The van der Waals surface area contributed by atoms with Crippen molar-refractivity contribution in [2.75, 3.05) is 52.0 Å². The lowest BCUT2D eigenvalue weighted by Gasteiger charge is -2.35. The molecule has 1 aromatic carbocycles. The van der Waals surface area contributed by atoms with Crippen molar-refractivity contribution in [3.63, 3.8) is 0 Å². The fraction of sp³-hybridized carbons (Fsp3) is 0.619. The highest BCUT2D eigenvalue weighted by atomic mass is 32.2. The summed E-state index contributed by atoms with van der Waals surface area (Å²) in [4.78, 5) is 27.1. The maximum atomic E-state index is 12.8. The Labute approximate surface area is 189 Å². The fourth-order valence-electron chi connectivity index (χ4n) is 4.09. The van der Waals surface area contributed by atoms with Crippen LogP contribution in [0.25, 0.3) is 0 Å². The predicted molar refractivity (Wildman–Crippen MR) is 120 cm³/mol. The summed E-state index contributed by atoms with van der Waals surface area (Å²) in [6, 6.07) is 5.02. The van der Waals surface area contributed by atoms with Gasteiger partial charge in [0.25, 0.3) is 0 Å². The lowest BCUT2D eigenvalue weighted by atomic mass is 9.96. The van der Waals surface area contributed by atoms with Gasteiger partial charge in [0.05, 0.1) is 26.2 Å². The first-order valence-electron chi connectivity index (χ1n) is 10.7. The first-order chi connectivity index (χ1) is 15.2. The van der Waals surface area contributed by atoms with Crippen molar-refractivity contribution in [3.8, 4) is 11.5 Å². The van der Waals surface area contributed by atoms with Crippen LogP contribution in [0.3, 0.4) is 0 Å². The van der Waals surface area contributed by atoms with E-state index in [4.69, 9.17) is 9.47 Å². The minimum Gasteiger partial charge on any atom is -0.497 e. The average molecular weight is 469 g/mol. The Morgan fingerprint density at radius 2 is 1.66 bits per heavy atom. The number of benzene rings is 1. The summed E-state index contributed by atoms with van der Waals surface area (Å²) < 4.78 is 35.2. The second-order valence-electron chi connectivity index (χ2n) is 8.20. The van der Waals surface area contributed by atoms with Gasteiger partial charge in [-0.2, -0.15) is 0 Å².